The molecule has 2 aliphatic heterocycles. The molecule has 2 fully saturated rings. The number of rotatable bonds is 3. The highest BCUT2D eigenvalue weighted by molar-refractivity contribution is 6.29. The molecule has 192 valence electrons. The Kier molecular flexibility index (Phi) is 10.8. The number of hydrogen-bond donors (Lipinski definition) is 3. The van der Waals surface area contributed by atoms with Crippen molar-refractivity contribution in [2.24, 2.45) is 0 Å². The standard InChI is InChI=1S/C10H15N5O2.C5H4ClN3O2.C5H12N2/c1-13-4-6-14(7-5-13)9-3-2-8(15(16)17)10(11)12-9;6-4-2-1-3(9(10)11)5(7)8-4;1-7-4-2-6-3-5-7/h2-3H,4-7H2,1H3,(H2,11,12);1-2H,(H2,7,8);6H,2-5H2,1H3. The Balaban J connectivity index is 0.000000205. The first kappa shape index (κ1) is 27.9. The fourth-order valence-corrected chi connectivity index (χ4v) is 3.35. The predicted octanol–water partition coefficient (Wildman–Crippen LogP) is 1.07. The summed E-state index contributed by atoms with van der Waals surface area (Å²) in [6, 6.07) is 5.59. The van der Waals surface area contributed by atoms with E-state index in [1.54, 1.807) is 6.07 Å². The van der Waals surface area contributed by atoms with Gasteiger partial charge in [0.05, 0.1) is 9.85 Å². The number of nitrogens with two attached hydrogens (primary N) is 2. The second kappa shape index (κ2) is 13.5. The number of piperazine rings is 2. The summed E-state index contributed by atoms with van der Waals surface area (Å²) >= 11 is 5.41. The minimum atomic E-state index is -0.612. The van der Waals surface area contributed by atoms with Crippen LogP contribution in [0.25, 0.3) is 0 Å². The summed E-state index contributed by atoms with van der Waals surface area (Å²) < 4.78 is 0. The third-order valence-corrected chi connectivity index (χ3v) is 5.53. The summed E-state index contributed by atoms with van der Waals surface area (Å²) in [6.45, 7) is 8.38. The minimum absolute atomic E-state index is 0.0218. The average molecular weight is 511 g/mol. The van der Waals surface area contributed by atoms with Crippen LogP contribution in [0, 0.1) is 20.2 Å². The SMILES string of the molecule is CN1CCN(c2ccc([N+](=O)[O-])c(N)n2)CC1.CN1CCNCC1.Nc1nc(Cl)ccc1[N+](=O)[O-]. The summed E-state index contributed by atoms with van der Waals surface area (Å²) in [4.78, 5) is 33.9. The molecular weight excluding hydrogens is 480 g/mol. The van der Waals surface area contributed by atoms with Crippen molar-refractivity contribution in [1.29, 1.82) is 0 Å². The van der Waals surface area contributed by atoms with Crippen molar-refractivity contribution >= 4 is 40.4 Å². The van der Waals surface area contributed by atoms with Gasteiger partial charge in [0.25, 0.3) is 0 Å². The van der Waals surface area contributed by atoms with Crippen molar-refractivity contribution in [1.82, 2.24) is 25.1 Å². The van der Waals surface area contributed by atoms with Crippen LogP contribution in [-0.2, 0) is 0 Å². The van der Waals surface area contributed by atoms with E-state index in [-0.39, 0.29) is 28.2 Å². The number of aromatic nitrogens is 2. The molecule has 2 aromatic rings. The zero-order valence-electron chi connectivity index (χ0n) is 19.8. The van der Waals surface area contributed by atoms with Gasteiger partial charge in [0.2, 0.25) is 11.6 Å². The molecule has 0 saturated carbocycles. The van der Waals surface area contributed by atoms with Gasteiger partial charge in [-0.2, -0.15) is 0 Å². The van der Waals surface area contributed by atoms with Crippen molar-refractivity contribution in [3.8, 4) is 0 Å². The van der Waals surface area contributed by atoms with Gasteiger partial charge in [0.15, 0.2) is 0 Å². The molecule has 0 aromatic carbocycles. The van der Waals surface area contributed by atoms with Gasteiger partial charge in [0, 0.05) is 64.5 Å². The number of nitrogens with one attached hydrogen (secondary N) is 1. The summed E-state index contributed by atoms with van der Waals surface area (Å²) in [6.07, 6.45) is 0. The van der Waals surface area contributed by atoms with Crippen LogP contribution >= 0.6 is 11.6 Å². The van der Waals surface area contributed by atoms with E-state index in [0.717, 1.165) is 39.3 Å². The quantitative estimate of drug-likeness (QED) is 0.303. The fraction of sp³-hybridized carbons (Fsp3) is 0.500. The van der Waals surface area contributed by atoms with E-state index >= 15 is 0 Å². The molecule has 15 heteroatoms. The van der Waals surface area contributed by atoms with E-state index in [1.807, 2.05) is 0 Å². The normalized spacial score (nSPS) is 16.4. The predicted molar refractivity (Wildman–Crippen MR) is 136 cm³/mol. The maximum atomic E-state index is 10.6. The average Bonchev–Trinajstić information content (AvgIpc) is 2.80. The second-order valence-corrected chi connectivity index (χ2v) is 8.36. The van der Waals surface area contributed by atoms with E-state index in [1.165, 1.54) is 31.3 Å². The Morgan fingerprint density at radius 2 is 1.31 bits per heavy atom. The summed E-state index contributed by atoms with van der Waals surface area (Å²) in [5.74, 6) is 0.523. The van der Waals surface area contributed by atoms with Crippen LogP contribution in [0.2, 0.25) is 5.15 Å². The molecule has 5 N–H and O–H groups in total. The molecule has 0 amide bonds. The first-order valence-corrected chi connectivity index (χ1v) is 11.3. The van der Waals surface area contributed by atoms with E-state index in [2.05, 4.69) is 44.1 Å². The maximum Gasteiger partial charge on any atom is 0.311 e. The molecule has 0 bridgehead atoms. The van der Waals surface area contributed by atoms with Gasteiger partial charge < -0.3 is 31.5 Å². The topological polar surface area (TPSA) is 186 Å². The van der Waals surface area contributed by atoms with E-state index in [4.69, 9.17) is 23.1 Å². The zero-order valence-corrected chi connectivity index (χ0v) is 20.5. The lowest BCUT2D eigenvalue weighted by Crippen LogP contribution is -2.44. The van der Waals surface area contributed by atoms with Gasteiger partial charge in [-0.3, -0.25) is 20.2 Å². The smallest absolute Gasteiger partial charge is 0.311 e. The van der Waals surface area contributed by atoms with Crippen LogP contribution in [-0.4, -0.2) is 96.1 Å². The lowest BCUT2D eigenvalue weighted by molar-refractivity contribution is -0.384. The van der Waals surface area contributed by atoms with Gasteiger partial charge in [-0.1, -0.05) is 11.6 Å². The molecule has 4 heterocycles. The highest BCUT2D eigenvalue weighted by atomic mass is 35.5. The third kappa shape index (κ3) is 9.09. The molecule has 2 saturated heterocycles. The number of nitro groups is 2. The number of nitrogens with zero attached hydrogens (tertiary/aromatic N) is 7. The Hall–Kier alpha value is -3.33. The van der Waals surface area contributed by atoms with Crippen LogP contribution < -0.4 is 21.7 Å². The Labute approximate surface area is 208 Å². The van der Waals surface area contributed by atoms with Gasteiger partial charge in [0.1, 0.15) is 11.0 Å². The van der Waals surface area contributed by atoms with Gasteiger partial charge in [-0.25, -0.2) is 9.97 Å². The van der Waals surface area contributed by atoms with E-state index < -0.39 is 9.85 Å². The van der Waals surface area contributed by atoms with Crippen molar-refractivity contribution in [2.75, 3.05) is 82.8 Å². The number of halogens is 1. The Morgan fingerprint density at radius 3 is 1.74 bits per heavy atom. The summed E-state index contributed by atoms with van der Waals surface area (Å²) in [5, 5.41) is 24.2. The first-order valence-electron chi connectivity index (χ1n) is 10.9. The van der Waals surface area contributed by atoms with E-state index in [9.17, 15) is 20.2 Å². The summed E-state index contributed by atoms with van der Waals surface area (Å²) in [5.41, 5.74) is 10.4. The zero-order chi connectivity index (χ0) is 26.0. The van der Waals surface area contributed by atoms with Crippen LogP contribution in [0.15, 0.2) is 24.3 Å². The summed E-state index contributed by atoms with van der Waals surface area (Å²) in [7, 11) is 4.22. The van der Waals surface area contributed by atoms with Gasteiger partial charge in [-0.05, 0) is 26.2 Å². The monoisotopic (exact) mass is 510 g/mol. The fourth-order valence-electron chi connectivity index (χ4n) is 3.20. The van der Waals surface area contributed by atoms with Crippen molar-refractivity contribution in [3.05, 3.63) is 49.6 Å². The van der Waals surface area contributed by atoms with Crippen LogP contribution in [0.3, 0.4) is 0 Å². The van der Waals surface area contributed by atoms with Crippen molar-refractivity contribution < 1.29 is 9.85 Å². The van der Waals surface area contributed by atoms with Crippen molar-refractivity contribution in [3.63, 3.8) is 0 Å². The van der Waals surface area contributed by atoms with Crippen molar-refractivity contribution in [2.45, 2.75) is 0 Å². The number of pyridine rings is 2. The number of anilines is 3. The Bertz CT molecular complexity index is 998. The lowest BCUT2D eigenvalue weighted by atomic mass is 10.3. The number of nitrogen functional groups attached to an aromatic ring is 2. The molecule has 0 spiro atoms. The molecule has 2 aromatic heterocycles. The van der Waals surface area contributed by atoms with Gasteiger partial charge >= 0.3 is 11.4 Å². The van der Waals surface area contributed by atoms with Crippen LogP contribution in [0.4, 0.5) is 28.8 Å². The largest absolute Gasteiger partial charge is 0.378 e. The minimum Gasteiger partial charge on any atom is -0.378 e. The highest BCUT2D eigenvalue weighted by Crippen LogP contribution is 2.23. The lowest BCUT2D eigenvalue weighted by Gasteiger charge is -2.33. The first-order chi connectivity index (χ1) is 16.6. The van der Waals surface area contributed by atoms with Gasteiger partial charge in [-0.15, -0.1) is 0 Å². The Morgan fingerprint density at radius 1 is 0.829 bits per heavy atom. The second-order valence-electron chi connectivity index (χ2n) is 7.97. The molecule has 35 heavy (non-hydrogen) atoms. The molecule has 0 unspecified atom stereocenters. The third-order valence-electron chi connectivity index (χ3n) is 5.32. The molecule has 0 radical (unpaired) electrons. The molecule has 0 atom stereocenters. The maximum absolute atomic E-state index is 10.6. The molecular formula is C20H31ClN10O4. The molecule has 0 aliphatic carbocycles. The van der Waals surface area contributed by atoms with Crippen LogP contribution in [0.5, 0.6) is 0 Å². The molecule has 14 nitrogen and oxygen atoms in total. The number of hydrogen-bond acceptors (Lipinski definition) is 12. The number of likely N-dealkylation sites (N-methyl/N-ethyl adjacent to an activating group) is 2. The molecule has 4 rings (SSSR count). The highest BCUT2D eigenvalue weighted by Gasteiger charge is 2.19. The van der Waals surface area contributed by atoms with Crippen LogP contribution in [0.1, 0.15) is 0 Å². The van der Waals surface area contributed by atoms with E-state index in [0.29, 0.717) is 5.82 Å². The molecule has 2 aliphatic rings.